The van der Waals surface area contributed by atoms with E-state index in [0.717, 1.165) is 51.4 Å². The van der Waals surface area contributed by atoms with Gasteiger partial charge < -0.3 is 20.3 Å². The third-order valence-electron chi connectivity index (χ3n) is 17.8. The standard InChI is InChI=1S/C79H149NO5/c1-3-5-7-9-11-13-15-17-19-20-40-44-47-51-55-59-63-67-71-77(82)76(75-81)80-78(83)72-68-64-60-56-52-48-45-41-38-36-34-32-30-28-26-24-22-21-23-25-27-29-31-33-35-37-39-42-46-50-54-58-62-66-70-74-85-79(84)73-69-65-61-57-53-49-43-18-16-14-12-10-8-6-4-2/h12,14,18,23,25,43,67,71,76-77,81-82H,3-11,13,15-17,19-22,24,26-42,44-66,68-70,72-75H2,1-2H3,(H,80,83)/b14-12-,25-23-,43-18-,71-67+. The fourth-order valence-corrected chi connectivity index (χ4v) is 12.0. The van der Waals surface area contributed by atoms with Gasteiger partial charge in [-0.05, 0) is 89.9 Å². The van der Waals surface area contributed by atoms with Crippen molar-refractivity contribution >= 4 is 11.9 Å². The van der Waals surface area contributed by atoms with Gasteiger partial charge in [-0.15, -0.1) is 0 Å². The molecule has 0 spiro atoms. The molecule has 0 aliphatic carbocycles. The van der Waals surface area contributed by atoms with Crippen molar-refractivity contribution in [2.24, 2.45) is 0 Å². The highest BCUT2D eigenvalue weighted by molar-refractivity contribution is 5.76. The molecule has 6 nitrogen and oxygen atoms in total. The van der Waals surface area contributed by atoms with Crippen LogP contribution in [0.3, 0.4) is 0 Å². The summed E-state index contributed by atoms with van der Waals surface area (Å²) in [5.41, 5.74) is 0. The summed E-state index contributed by atoms with van der Waals surface area (Å²) in [5.74, 6) is -0.0550. The van der Waals surface area contributed by atoms with Crippen LogP contribution in [0.15, 0.2) is 48.6 Å². The fourth-order valence-electron chi connectivity index (χ4n) is 12.0. The van der Waals surface area contributed by atoms with Crippen molar-refractivity contribution in [1.82, 2.24) is 5.32 Å². The Balaban J connectivity index is 3.36. The minimum absolute atomic E-state index is 0.00619. The smallest absolute Gasteiger partial charge is 0.305 e. The molecule has 3 N–H and O–H groups in total. The van der Waals surface area contributed by atoms with Crippen LogP contribution in [0.2, 0.25) is 0 Å². The Kier molecular flexibility index (Phi) is 72.4. The third-order valence-corrected chi connectivity index (χ3v) is 17.8. The predicted molar refractivity (Wildman–Crippen MR) is 375 cm³/mol. The minimum Gasteiger partial charge on any atom is -0.466 e. The summed E-state index contributed by atoms with van der Waals surface area (Å²) in [6, 6.07) is -0.626. The number of carbonyl (C=O) groups excluding carboxylic acids is 2. The molecule has 6 heteroatoms. The van der Waals surface area contributed by atoms with E-state index in [2.05, 4.69) is 55.6 Å². The lowest BCUT2D eigenvalue weighted by Crippen LogP contribution is -2.45. The topological polar surface area (TPSA) is 95.9 Å². The lowest BCUT2D eigenvalue weighted by atomic mass is 10.0. The maximum Gasteiger partial charge on any atom is 0.305 e. The molecular formula is C79H149NO5. The number of hydrogen-bond acceptors (Lipinski definition) is 5. The van der Waals surface area contributed by atoms with Crippen LogP contribution in [0.5, 0.6) is 0 Å². The largest absolute Gasteiger partial charge is 0.466 e. The highest BCUT2D eigenvalue weighted by Gasteiger charge is 2.18. The number of nitrogens with one attached hydrogen (secondary N) is 1. The fraction of sp³-hybridized carbons (Fsp3) is 0.873. The van der Waals surface area contributed by atoms with Gasteiger partial charge in [0, 0.05) is 12.8 Å². The normalized spacial score (nSPS) is 12.8. The van der Waals surface area contributed by atoms with Crippen molar-refractivity contribution in [1.29, 1.82) is 0 Å². The number of hydrogen-bond donors (Lipinski definition) is 3. The molecule has 0 fully saturated rings. The second kappa shape index (κ2) is 74.3. The van der Waals surface area contributed by atoms with Gasteiger partial charge in [0.1, 0.15) is 0 Å². The van der Waals surface area contributed by atoms with Gasteiger partial charge >= 0.3 is 5.97 Å². The molecule has 0 saturated carbocycles. The van der Waals surface area contributed by atoms with Gasteiger partial charge in [0.05, 0.1) is 25.4 Å². The first kappa shape index (κ1) is 82.8. The van der Waals surface area contributed by atoms with E-state index in [4.69, 9.17) is 4.74 Å². The van der Waals surface area contributed by atoms with Gasteiger partial charge in [-0.25, -0.2) is 0 Å². The Morgan fingerprint density at radius 1 is 0.329 bits per heavy atom. The molecule has 0 aromatic rings. The van der Waals surface area contributed by atoms with E-state index in [-0.39, 0.29) is 18.5 Å². The second-order valence-corrected chi connectivity index (χ2v) is 26.3. The number of esters is 1. The number of ether oxygens (including phenoxy) is 1. The van der Waals surface area contributed by atoms with Crippen LogP contribution >= 0.6 is 0 Å². The summed E-state index contributed by atoms with van der Waals surface area (Å²) in [7, 11) is 0. The number of amides is 1. The number of rotatable bonds is 72. The summed E-state index contributed by atoms with van der Waals surface area (Å²) in [4.78, 5) is 24.6. The Labute approximate surface area is 531 Å². The van der Waals surface area contributed by atoms with Crippen molar-refractivity contribution in [3.8, 4) is 0 Å². The lowest BCUT2D eigenvalue weighted by molar-refractivity contribution is -0.143. The molecule has 2 atom stereocenters. The number of carbonyl (C=O) groups is 2. The van der Waals surface area contributed by atoms with Gasteiger partial charge in [0.2, 0.25) is 5.91 Å². The van der Waals surface area contributed by atoms with Crippen LogP contribution in [0.4, 0.5) is 0 Å². The van der Waals surface area contributed by atoms with Crippen LogP contribution in [-0.2, 0) is 14.3 Å². The summed E-state index contributed by atoms with van der Waals surface area (Å²) in [6.45, 7) is 4.91. The van der Waals surface area contributed by atoms with E-state index < -0.39 is 12.1 Å². The molecule has 0 rings (SSSR count). The maximum atomic E-state index is 12.5. The molecule has 1 amide bonds. The summed E-state index contributed by atoms with van der Waals surface area (Å²) >= 11 is 0. The SMILES string of the molecule is CCCCC/C=C\C/C=C\CCCCCCCC(=O)OCCCCCCCCCCCCCCCC/C=C\CCCCCCCCCCCCCCCCCCCC(=O)NC(CO)C(O)/C=C/CCCCCCCCCCCCCCCCCC. The molecule has 0 aromatic carbocycles. The zero-order valence-electron chi connectivity index (χ0n) is 57.4. The van der Waals surface area contributed by atoms with Gasteiger partial charge in [0.25, 0.3) is 0 Å². The lowest BCUT2D eigenvalue weighted by Gasteiger charge is -2.20. The molecular weight excluding hydrogens is 1040 g/mol. The highest BCUT2D eigenvalue weighted by atomic mass is 16.5. The molecule has 0 aliphatic rings. The predicted octanol–water partition coefficient (Wildman–Crippen LogP) is 25.2. The van der Waals surface area contributed by atoms with Gasteiger partial charge in [0.15, 0.2) is 0 Å². The monoisotopic (exact) mass is 1190 g/mol. The van der Waals surface area contributed by atoms with Crippen molar-refractivity contribution in [3.63, 3.8) is 0 Å². The van der Waals surface area contributed by atoms with Crippen LogP contribution in [-0.4, -0.2) is 47.4 Å². The molecule has 0 bridgehead atoms. The Hall–Kier alpha value is -2.18. The second-order valence-electron chi connectivity index (χ2n) is 26.3. The molecule has 0 radical (unpaired) electrons. The van der Waals surface area contributed by atoms with Crippen molar-refractivity contribution < 1.29 is 24.5 Å². The van der Waals surface area contributed by atoms with E-state index in [1.54, 1.807) is 6.08 Å². The van der Waals surface area contributed by atoms with Gasteiger partial charge in [-0.3, -0.25) is 9.59 Å². The van der Waals surface area contributed by atoms with Crippen molar-refractivity contribution in [3.05, 3.63) is 48.6 Å². The Morgan fingerprint density at radius 3 is 0.929 bits per heavy atom. The first-order valence-corrected chi connectivity index (χ1v) is 38.4. The van der Waals surface area contributed by atoms with E-state index in [1.165, 1.54) is 340 Å². The molecule has 85 heavy (non-hydrogen) atoms. The van der Waals surface area contributed by atoms with Crippen LogP contribution in [0.1, 0.15) is 418 Å². The van der Waals surface area contributed by atoms with Crippen molar-refractivity contribution in [2.75, 3.05) is 13.2 Å². The van der Waals surface area contributed by atoms with Crippen LogP contribution in [0.25, 0.3) is 0 Å². The molecule has 0 heterocycles. The number of aliphatic hydroxyl groups excluding tert-OH is 2. The van der Waals surface area contributed by atoms with E-state index in [9.17, 15) is 19.8 Å². The molecule has 2 unspecified atom stereocenters. The third kappa shape index (κ3) is 70.8. The molecule has 500 valence electrons. The van der Waals surface area contributed by atoms with Crippen LogP contribution < -0.4 is 5.32 Å². The van der Waals surface area contributed by atoms with E-state index in [0.29, 0.717) is 19.4 Å². The average Bonchev–Trinajstić information content (AvgIpc) is 3.51. The molecule has 0 saturated heterocycles. The quantitative estimate of drug-likeness (QED) is 0.0320. The first-order valence-electron chi connectivity index (χ1n) is 38.4. The van der Waals surface area contributed by atoms with E-state index >= 15 is 0 Å². The molecule has 0 aliphatic heterocycles. The number of unbranched alkanes of at least 4 members (excludes halogenated alkanes) is 55. The summed E-state index contributed by atoms with van der Waals surface area (Å²) in [6.07, 6.45) is 98.0. The molecule has 0 aromatic heterocycles. The first-order chi connectivity index (χ1) is 42.0. The van der Waals surface area contributed by atoms with E-state index in [1.807, 2.05) is 6.08 Å². The number of allylic oxidation sites excluding steroid dienone is 7. The van der Waals surface area contributed by atoms with Gasteiger partial charge in [-0.1, -0.05) is 364 Å². The summed E-state index contributed by atoms with van der Waals surface area (Å²) < 4.78 is 5.49. The zero-order chi connectivity index (χ0) is 61.3. The highest BCUT2D eigenvalue weighted by Crippen LogP contribution is 2.19. The summed E-state index contributed by atoms with van der Waals surface area (Å²) in [5, 5.41) is 23.2. The average molecular weight is 1190 g/mol. The van der Waals surface area contributed by atoms with Gasteiger partial charge in [-0.2, -0.15) is 0 Å². The van der Waals surface area contributed by atoms with Crippen LogP contribution in [0, 0.1) is 0 Å². The Bertz CT molecular complexity index is 1420. The van der Waals surface area contributed by atoms with Crippen molar-refractivity contribution in [2.45, 2.75) is 431 Å². The Morgan fingerprint density at radius 2 is 0.588 bits per heavy atom. The maximum absolute atomic E-state index is 12.5. The minimum atomic E-state index is -0.843. The number of aliphatic hydroxyl groups is 2. The zero-order valence-corrected chi connectivity index (χ0v) is 57.4.